The summed E-state index contributed by atoms with van der Waals surface area (Å²) in [7, 11) is 0. The lowest BCUT2D eigenvalue weighted by molar-refractivity contribution is 0.203. The Morgan fingerprint density at radius 3 is 2.57 bits per heavy atom. The average molecular weight is 344 g/mol. The number of nitrogens with two attached hydrogens (primary N) is 1. The van der Waals surface area contributed by atoms with E-state index in [0.717, 1.165) is 0 Å². The van der Waals surface area contributed by atoms with Crippen LogP contribution in [0.25, 0.3) is 0 Å². The Balaban J connectivity index is 1.95. The number of halogens is 2. The number of primary amides is 1. The molecule has 23 heavy (non-hydrogen) atoms. The van der Waals surface area contributed by atoms with Gasteiger partial charge in [0.05, 0.1) is 0 Å². The Kier molecular flexibility index (Phi) is 6.03. The molecule has 0 saturated carbocycles. The minimum atomic E-state index is -2.51. The maximum absolute atomic E-state index is 12.4. The first-order chi connectivity index (χ1) is 11.0. The molecule has 1 heterocycles. The first-order valence-electron chi connectivity index (χ1n) is 7.11. The fourth-order valence-corrected chi connectivity index (χ4v) is 2.85. The van der Waals surface area contributed by atoms with Crippen molar-refractivity contribution in [1.82, 2.24) is 9.80 Å². The van der Waals surface area contributed by atoms with Gasteiger partial charge in [-0.15, -0.1) is 0 Å². The first-order valence-corrected chi connectivity index (χ1v) is 7.99. The number of anilines is 1. The standard InChI is InChI=1S/C14H18F2N4O2S/c15-12(16)23-11-4-1-3-10(9-11)18-14(22)20-6-2-5-19(7-8-20)13(17)21/h1,3-4,9,12H,2,5-8H2,(H2,17,21)(H,18,22). The van der Waals surface area contributed by atoms with Crippen molar-refractivity contribution in [3.8, 4) is 0 Å². The molecule has 0 atom stereocenters. The molecule has 1 aliphatic rings. The second kappa shape index (κ2) is 8.00. The minimum Gasteiger partial charge on any atom is -0.351 e. The summed E-state index contributed by atoms with van der Waals surface area (Å²) in [5.74, 6) is -2.51. The van der Waals surface area contributed by atoms with E-state index in [4.69, 9.17) is 5.73 Å². The second-order valence-electron chi connectivity index (χ2n) is 5.00. The maximum Gasteiger partial charge on any atom is 0.321 e. The first kappa shape index (κ1) is 17.3. The Hall–Kier alpha value is -2.03. The number of amides is 4. The van der Waals surface area contributed by atoms with Crippen LogP contribution >= 0.6 is 11.8 Å². The fourth-order valence-electron chi connectivity index (χ4n) is 2.29. The highest BCUT2D eigenvalue weighted by atomic mass is 32.2. The van der Waals surface area contributed by atoms with Gasteiger partial charge < -0.3 is 20.9 Å². The van der Waals surface area contributed by atoms with Gasteiger partial charge in [-0.2, -0.15) is 8.78 Å². The number of benzene rings is 1. The number of nitrogens with zero attached hydrogens (tertiary/aromatic N) is 2. The van der Waals surface area contributed by atoms with Crippen molar-refractivity contribution in [2.45, 2.75) is 17.1 Å². The molecule has 1 saturated heterocycles. The molecule has 0 spiro atoms. The van der Waals surface area contributed by atoms with Crippen LogP contribution in [-0.2, 0) is 0 Å². The van der Waals surface area contributed by atoms with E-state index >= 15 is 0 Å². The van der Waals surface area contributed by atoms with Crippen molar-refractivity contribution in [2.75, 3.05) is 31.5 Å². The molecule has 1 aromatic rings. The van der Waals surface area contributed by atoms with E-state index in [1.807, 2.05) is 0 Å². The van der Waals surface area contributed by atoms with Gasteiger partial charge in [0, 0.05) is 36.8 Å². The average Bonchev–Trinajstić information content (AvgIpc) is 2.72. The summed E-state index contributed by atoms with van der Waals surface area (Å²) < 4.78 is 24.8. The number of rotatable bonds is 3. The predicted molar refractivity (Wildman–Crippen MR) is 84.7 cm³/mol. The summed E-state index contributed by atoms with van der Waals surface area (Å²) in [6.45, 7) is 1.77. The third-order valence-electron chi connectivity index (χ3n) is 3.41. The normalized spacial score (nSPS) is 15.4. The molecular weight excluding hydrogens is 326 g/mol. The van der Waals surface area contributed by atoms with Crippen LogP contribution in [0.15, 0.2) is 29.2 Å². The number of thioether (sulfide) groups is 1. The number of hydrogen-bond acceptors (Lipinski definition) is 3. The van der Waals surface area contributed by atoms with E-state index in [1.54, 1.807) is 23.1 Å². The zero-order valence-electron chi connectivity index (χ0n) is 12.4. The van der Waals surface area contributed by atoms with Crippen LogP contribution in [0.5, 0.6) is 0 Å². The molecule has 0 unspecified atom stereocenters. The predicted octanol–water partition coefficient (Wildman–Crippen LogP) is 2.62. The van der Waals surface area contributed by atoms with Crippen LogP contribution in [-0.4, -0.2) is 53.8 Å². The molecule has 6 nitrogen and oxygen atoms in total. The van der Waals surface area contributed by atoms with E-state index < -0.39 is 11.8 Å². The second-order valence-corrected chi connectivity index (χ2v) is 6.07. The lowest BCUT2D eigenvalue weighted by Crippen LogP contribution is -2.40. The van der Waals surface area contributed by atoms with Crippen molar-refractivity contribution in [1.29, 1.82) is 0 Å². The molecule has 0 bridgehead atoms. The van der Waals surface area contributed by atoms with Crippen molar-refractivity contribution in [3.63, 3.8) is 0 Å². The lowest BCUT2D eigenvalue weighted by Gasteiger charge is -2.21. The molecule has 126 valence electrons. The Morgan fingerprint density at radius 2 is 1.87 bits per heavy atom. The van der Waals surface area contributed by atoms with E-state index in [0.29, 0.717) is 54.9 Å². The van der Waals surface area contributed by atoms with Gasteiger partial charge >= 0.3 is 12.1 Å². The van der Waals surface area contributed by atoms with Gasteiger partial charge in [0.1, 0.15) is 0 Å². The van der Waals surface area contributed by atoms with Crippen molar-refractivity contribution in [3.05, 3.63) is 24.3 Å². The molecule has 1 fully saturated rings. The highest BCUT2D eigenvalue weighted by Gasteiger charge is 2.20. The zero-order valence-corrected chi connectivity index (χ0v) is 13.2. The third-order valence-corrected chi connectivity index (χ3v) is 4.11. The Morgan fingerprint density at radius 1 is 1.17 bits per heavy atom. The molecule has 9 heteroatoms. The lowest BCUT2D eigenvalue weighted by atomic mass is 10.3. The summed E-state index contributed by atoms with van der Waals surface area (Å²) >= 11 is 0.426. The topological polar surface area (TPSA) is 78.7 Å². The smallest absolute Gasteiger partial charge is 0.321 e. The minimum absolute atomic E-state index is 0.324. The van der Waals surface area contributed by atoms with Crippen molar-refractivity contribution in [2.24, 2.45) is 5.73 Å². The largest absolute Gasteiger partial charge is 0.351 e. The van der Waals surface area contributed by atoms with E-state index in [2.05, 4.69) is 5.32 Å². The molecule has 0 aromatic heterocycles. The summed E-state index contributed by atoms with van der Waals surface area (Å²) in [5, 5.41) is 2.69. The highest BCUT2D eigenvalue weighted by molar-refractivity contribution is 7.99. The van der Waals surface area contributed by atoms with Gasteiger partial charge in [-0.3, -0.25) is 0 Å². The summed E-state index contributed by atoms with van der Waals surface area (Å²) in [6, 6.07) is 5.49. The molecule has 0 radical (unpaired) electrons. The molecule has 4 amide bonds. The van der Waals surface area contributed by atoms with Crippen molar-refractivity contribution < 1.29 is 18.4 Å². The Bertz CT molecular complexity index is 573. The van der Waals surface area contributed by atoms with E-state index in [1.165, 1.54) is 11.0 Å². The van der Waals surface area contributed by atoms with Gasteiger partial charge in [-0.05, 0) is 24.6 Å². The number of urea groups is 2. The van der Waals surface area contributed by atoms with Crippen LogP contribution in [0.4, 0.5) is 24.1 Å². The monoisotopic (exact) mass is 344 g/mol. The number of hydrogen-bond donors (Lipinski definition) is 2. The quantitative estimate of drug-likeness (QED) is 0.828. The molecule has 2 rings (SSSR count). The van der Waals surface area contributed by atoms with Crippen LogP contribution in [0.1, 0.15) is 6.42 Å². The number of alkyl halides is 2. The number of nitrogens with one attached hydrogen (secondary N) is 1. The van der Waals surface area contributed by atoms with Gasteiger partial charge in [0.25, 0.3) is 5.76 Å². The van der Waals surface area contributed by atoms with Crippen LogP contribution < -0.4 is 11.1 Å². The van der Waals surface area contributed by atoms with Gasteiger partial charge in [0.2, 0.25) is 0 Å². The van der Waals surface area contributed by atoms with Gasteiger partial charge in [0.15, 0.2) is 0 Å². The Labute approximate surface area is 137 Å². The van der Waals surface area contributed by atoms with Gasteiger partial charge in [-0.1, -0.05) is 17.8 Å². The van der Waals surface area contributed by atoms with E-state index in [9.17, 15) is 18.4 Å². The number of carbonyl (C=O) groups is 2. The number of carbonyl (C=O) groups excluding carboxylic acids is 2. The summed E-state index contributed by atoms with van der Waals surface area (Å²) in [4.78, 5) is 26.9. The molecule has 0 aliphatic carbocycles. The maximum atomic E-state index is 12.4. The van der Waals surface area contributed by atoms with Crippen molar-refractivity contribution >= 4 is 29.5 Å². The zero-order chi connectivity index (χ0) is 16.8. The molecular formula is C14H18F2N4O2S. The third kappa shape index (κ3) is 5.27. The SMILES string of the molecule is NC(=O)N1CCCN(C(=O)Nc2cccc(SC(F)F)c2)CC1. The summed E-state index contributed by atoms with van der Waals surface area (Å²) in [5.41, 5.74) is 5.70. The highest BCUT2D eigenvalue weighted by Crippen LogP contribution is 2.27. The molecule has 3 N–H and O–H groups in total. The van der Waals surface area contributed by atoms with Gasteiger partial charge in [-0.25, -0.2) is 9.59 Å². The summed E-state index contributed by atoms with van der Waals surface area (Å²) in [6.07, 6.45) is 0.637. The van der Waals surface area contributed by atoms with E-state index in [-0.39, 0.29) is 6.03 Å². The molecule has 1 aliphatic heterocycles. The van der Waals surface area contributed by atoms with Crippen LogP contribution in [0.3, 0.4) is 0 Å². The fraction of sp³-hybridized carbons (Fsp3) is 0.429. The van der Waals surface area contributed by atoms with Crippen LogP contribution in [0.2, 0.25) is 0 Å². The molecule has 1 aromatic carbocycles. The van der Waals surface area contributed by atoms with Crippen LogP contribution in [0, 0.1) is 0 Å².